The fourth-order valence-corrected chi connectivity index (χ4v) is 3.56. The number of halogens is 2. The highest BCUT2D eigenvalue weighted by molar-refractivity contribution is 14.1. The van der Waals surface area contributed by atoms with Crippen LogP contribution in [0.25, 0.3) is 11.0 Å². The lowest BCUT2D eigenvalue weighted by molar-refractivity contribution is 0.0777. The fourth-order valence-electron chi connectivity index (χ4n) is 2.95. The van der Waals surface area contributed by atoms with Gasteiger partial charge in [-0.25, -0.2) is 4.98 Å². The van der Waals surface area contributed by atoms with E-state index in [0.29, 0.717) is 22.9 Å². The van der Waals surface area contributed by atoms with Crippen LogP contribution in [0.15, 0.2) is 36.4 Å². The maximum absolute atomic E-state index is 13.0. The summed E-state index contributed by atoms with van der Waals surface area (Å²) in [4.78, 5) is 19.3. The summed E-state index contributed by atoms with van der Waals surface area (Å²) in [5.74, 6) is 1.20. The molecule has 0 fully saturated rings. The van der Waals surface area contributed by atoms with Crippen molar-refractivity contribution in [2.24, 2.45) is 0 Å². The Labute approximate surface area is 171 Å². The number of hydrogen-bond donors (Lipinski definition) is 0. The molecule has 0 N–H and O–H groups in total. The monoisotopic (exact) mass is 483 g/mol. The fraction of sp³-hybridized carbons (Fsp3) is 0.263. The zero-order chi connectivity index (χ0) is 18.8. The van der Waals surface area contributed by atoms with E-state index in [9.17, 15) is 4.79 Å². The van der Waals surface area contributed by atoms with E-state index in [1.807, 2.05) is 24.3 Å². The third kappa shape index (κ3) is 3.53. The second kappa shape index (κ2) is 7.84. The maximum atomic E-state index is 13.0. The number of imidazole rings is 1. The van der Waals surface area contributed by atoms with Gasteiger partial charge in [0.25, 0.3) is 5.91 Å². The zero-order valence-electron chi connectivity index (χ0n) is 14.8. The summed E-state index contributed by atoms with van der Waals surface area (Å²) >= 11 is 8.32. The summed E-state index contributed by atoms with van der Waals surface area (Å²) in [6, 6.07) is 11.4. The Morgan fingerprint density at radius 3 is 2.77 bits per heavy atom. The van der Waals surface area contributed by atoms with E-state index < -0.39 is 0 Å². The SMILES string of the molecule is CCn1c(CN(C)C(=O)c2cc(Cl)c(I)cc2OC)nc2ccccc21. The van der Waals surface area contributed by atoms with Crippen LogP contribution in [0.5, 0.6) is 5.75 Å². The number of amides is 1. The first kappa shape index (κ1) is 19.0. The topological polar surface area (TPSA) is 47.4 Å². The average molecular weight is 484 g/mol. The van der Waals surface area contributed by atoms with Crippen LogP contribution < -0.4 is 4.74 Å². The molecule has 2 aromatic carbocycles. The van der Waals surface area contributed by atoms with Gasteiger partial charge < -0.3 is 14.2 Å². The molecule has 0 spiro atoms. The summed E-state index contributed by atoms with van der Waals surface area (Å²) < 4.78 is 8.33. The Kier molecular flexibility index (Phi) is 5.72. The molecule has 7 heteroatoms. The van der Waals surface area contributed by atoms with Gasteiger partial charge in [0.1, 0.15) is 11.6 Å². The van der Waals surface area contributed by atoms with Gasteiger partial charge in [-0.3, -0.25) is 4.79 Å². The van der Waals surface area contributed by atoms with E-state index in [0.717, 1.165) is 27.0 Å². The van der Waals surface area contributed by atoms with Crippen LogP contribution in [0.3, 0.4) is 0 Å². The number of carbonyl (C=O) groups is 1. The Morgan fingerprint density at radius 1 is 1.35 bits per heavy atom. The van der Waals surface area contributed by atoms with Gasteiger partial charge in [0.05, 0.1) is 35.3 Å². The largest absolute Gasteiger partial charge is 0.496 e. The molecule has 0 saturated carbocycles. The van der Waals surface area contributed by atoms with E-state index in [4.69, 9.17) is 16.3 Å². The number of nitrogens with zero attached hydrogens (tertiary/aromatic N) is 3. The van der Waals surface area contributed by atoms with Crippen molar-refractivity contribution >= 4 is 51.1 Å². The van der Waals surface area contributed by atoms with Crippen molar-refractivity contribution in [2.75, 3.05) is 14.2 Å². The molecule has 0 atom stereocenters. The molecule has 3 rings (SSSR count). The van der Waals surface area contributed by atoms with Crippen LogP contribution >= 0.6 is 34.2 Å². The Balaban J connectivity index is 1.92. The van der Waals surface area contributed by atoms with Crippen LogP contribution in [-0.4, -0.2) is 34.5 Å². The van der Waals surface area contributed by atoms with Crippen molar-refractivity contribution in [3.8, 4) is 5.75 Å². The highest BCUT2D eigenvalue weighted by Crippen LogP contribution is 2.29. The van der Waals surface area contributed by atoms with E-state index in [2.05, 4.69) is 39.1 Å². The smallest absolute Gasteiger partial charge is 0.257 e. The van der Waals surface area contributed by atoms with Gasteiger partial charge in [0.15, 0.2) is 0 Å². The molecular formula is C19H19ClIN3O2. The summed E-state index contributed by atoms with van der Waals surface area (Å²) in [6.07, 6.45) is 0. The predicted octanol–water partition coefficient (Wildman–Crippen LogP) is 4.60. The number of benzene rings is 2. The van der Waals surface area contributed by atoms with E-state index in [1.54, 1.807) is 31.2 Å². The van der Waals surface area contributed by atoms with Gasteiger partial charge in [-0.1, -0.05) is 23.7 Å². The van der Waals surface area contributed by atoms with Gasteiger partial charge in [-0.15, -0.1) is 0 Å². The number of carbonyl (C=O) groups excluding carboxylic acids is 1. The highest BCUT2D eigenvalue weighted by atomic mass is 127. The van der Waals surface area contributed by atoms with Crippen LogP contribution in [0.1, 0.15) is 23.1 Å². The molecule has 1 amide bonds. The lowest BCUT2D eigenvalue weighted by atomic mass is 10.1. The minimum Gasteiger partial charge on any atom is -0.496 e. The van der Waals surface area contributed by atoms with Crippen LogP contribution in [0.4, 0.5) is 0 Å². The molecule has 136 valence electrons. The van der Waals surface area contributed by atoms with Gasteiger partial charge in [-0.2, -0.15) is 0 Å². The number of hydrogen-bond acceptors (Lipinski definition) is 3. The lowest BCUT2D eigenvalue weighted by Crippen LogP contribution is -2.28. The molecule has 0 unspecified atom stereocenters. The van der Waals surface area contributed by atoms with Gasteiger partial charge in [0.2, 0.25) is 0 Å². The first-order valence-corrected chi connectivity index (χ1v) is 9.64. The molecule has 0 saturated heterocycles. The molecule has 0 radical (unpaired) electrons. The van der Waals surface area contributed by atoms with Gasteiger partial charge >= 0.3 is 0 Å². The summed E-state index contributed by atoms with van der Waals surface area (Å²) in [5, 5.41) is 0.531. The lowest BCUT2D eigenvalue weighted by Gasteiger charge is -2.19. The Morgan fingerprint density at radius 2 is 2.08 bits per heavy atom. The maximum Gasteiger partial charge on any atom is 0.257 e. The van der Waals surface area contributed by atoms with Crippen molar-refractivity contribution in [3.05, 3.63) is 56.4 Å². The minimum absolute atomic E-state index is 0.158. The molecule has 0 aliphatic heterocycles. The van der Waals surface area contributed by atoms with Crippen molar-refractivity contribution < 1.29 is 9.53 Å². The van der Waals surface area contributed by atoms with Crippen LogP contribution in [0.2, 0.25) is 5.02 Å². The molecule has 0 aliphatic rings. The number of fused-ring (bicyclic) bond motifs is 1. The Bertz CT molecular complexity index is 971. The van der Waals surface area contributed by atoms with Gasteiger partial charge in [0, 0.05) is 17.2 Å². The third-order valence-electron chi connectivity index (χ3n) is 4.25. The minimum atomic E-state index is -0.158. The van der Waals surface area contributed by atoms with E-state index in [1.165, 1.54) is 0 Å². The van der Waals surface area contributed by atoms with E-state index >= 15 is 0 Å². The number of rotatable bonds is 5. The molecule has 3 aromatic rings. The standard InChI is InChI=1S/C19H19ClIN3O2/c1-4-24-16-8-6-5-7-15(16)22-18(24)11-23(2)19(25)12-9-13(20)14(21)10-17(12)26-3/h5-10H,4,11H2,1-3H3. The van der Waals surface area contributed by atoms with Crippen molar-refractivity contribution in [3.63, 3.8) is 0 Å². The molecule has 0 aliphatic carbocycles. The predicted molar refractivity (Wildman–Crippen MR) is 112 cm³/mol. The zero-order valence-corrected chi connectivity index (χ0v) is 17.7. The summed E-state index contributed by atoms with van der Waals surface area (Å²) in [5.41, 5.74) is 2.44. The number of para-hydroxylation sites is 2. The first-order valence-electron chi connectivity index (χ1n) is 8.18. The molecule has 0 bridgehead atoms. The third-order valence-corrected chi connectivity index (χ3v) is 5.77. The molecular weight excluding hydrogens is 465 g/mol. The molecule has 26 heavy (non-hydrogen) atoms. The van der Waals surface area contributed by atoms with Crippen LogP contribution in [-0.2, 0) is 13.1 Å². The first-order chi connectivity index (χ1) is 12.5. The summed E-state index contributed by atoms with van der Waals surface area (Å²) in [7, 11) is 3.31. The summed E-state index contributed by atoms with van der Waals surface area (Å²) in [6.45, 7) is 3.26. The average Bonchev–Trinajstić information content (AvgIpc) is 2.99. The molecule has 1 heterocycles. The molecule has 1 aromatic heterocycles. The van der Waals surface area contributed by atoms with Crippen molar-refractivity contribution in [2.45, 2.75) is 20.0 Å². The normalized spacial score (nSPS) is 11.0. The number of aryl methyl sites for hydroxylation is 1. The quantitative estimate of drug-likeness (QED) is 0.499. The number of methoxy groups -OCH3 is 1. The second-order valence-corrected chi connectivity index (χ2v) is 7.46. The van der Waals surface area contributed by atoms with E-state index in [-0.39, 0.29) is 5.91 Å². The van der Waals surface area contributed by atoms with Crippen molar-refractivity contribution in [1.29, 1.82) is 0 Å². The van der Waals surface area contributed by atoms with Crippen molar-refractivity contribution in [1.82, 2.24) is 14.5 Å². The second-order valence-electron chi connectivity index (χ2n) is 5.89. The Hall–Kier alpha value is -1.80. The van der Waals surface area contributed by atoms with Gasteiger partial charge in [-0.05, 0) is 53.8 Å². The number of ether oxygens (including phenoxy) is 1. The highest BCUT2D eigenvalue weighted by Gasteiger charge is 2.21. The number of aromatic nitrogens is 2. The molecule has 5 nitrogen and oxygen atoms in total. The van der Waals surface area contributed by atoms with Crippen LogP contribution in [0, 0.1) is 3.57 Å².